The molecular weight excluding hydrogens is 516 g/mol. The van der Waals surface area contributed by atoms with E-state index in [2.05, 4.69) is 30.3 Å². The maximum atomic E-state index is 10.7. The lowest BCUT2D eigenvalue weighted by Crippen LogP contribution is -1.96. The molecule has 0 atom stereocenters. The van der Waals surface area contributed by atoms with Crippen molar-refractivity contribution < 1.29 is 8.83 Å². The van der Waals surface area contributed by atoms with Crippen LogP contribution in [-0.2, 0) is 0 Å². The van der Waals surface area contributed by atoms with E-state index < -0.39 is 0 Å². The molecule has 194 valence electrons. The average molecular weight is 537 g/mol. The minimum absolute atomic E-state index is 0.496. The molecule has 4 heteroatoms. The molecule has 4 nitrogen and oxygen atoms in total. The first-order chi connectivity index (χ1) is 20.7. The standard InChI is InChI=1S/C38H20N2O2/c39-21-25-7-1-2-8-27(25)38-28(24-14-16-32-30-10-4-6-12-35(30)42-37(32)20-24)18-17-26(33(38)22-40)23-13-15-31-29-9-3-5-11-34(29)41-36(31)19-23/h1-20H. The Morgan fingerprint density at radius 3 is 1.57 bits per heavy atom. The van der Waals surface area contributed by atoms with Crippen molar-refractivity contribution in [2.24, 2.45) is 0 Å². The second-order valence-corrected chi connectivity index (χ2v) is 10.3. The van der Waals surface area contributed by atoms with E-state index in [0.29, 0.717) is 22.3 Å². The van der Waals surface area contributed by atoms with Gasteiger partial charge in [0.15, 0.2) is 0 Å². The largest absolute Gasteiger partial charge is 0.456 e. The lowest BCUT2D eigenvalue weighted by atomic mass is 9.84. The first kappa shape index (κ1) is 23.8. The minimum Gasteiger partial charge on any atom is -0.456 e. The molecule has 2 heterocycles. The summed E-state index contributed by atoms with van der Waals surface area (Å²) < 4.78 is 12.4. The molecular formula is C38H20N2O2. The fourth-order valence-electron chi connectivity index (χ4n) is 6.07. The van der Waals surface area contributed by atoms with Crippen LogP contribution in [0.15, 0.2) is 130 Å². The van der Waals surface area contributed by atoms with Gasteiger partial charge in [0.1, 0.15) is 28.4 Å². The van der Waals surface area contributed by atoms with Gasteiger partial charge in [0, 0.05) is 38.2 Å². The van der Waals surface area contributed by atoms with Gasteiger partial charge in [-0.1, -0.05) is 78.9 Å². The highest BCUT2D eigenvalue weighted by Gasteiger charge is 2.21. The van der Waals surface area contributed by atoms with Crippen LogP contribution in [0.3, 0.4) is 0 Å². The predicted octanol–water partition coefficient (Wildman–Crippen LogP) is 10.2. The summed E-state index contributed by atoms with van der Waals surface area (Å²) in [6.07, 6.45) is 0. The Balaban J connectivity index is 1.39. The summed E-state index contributed by atoms with van der Waals surface area (Å²) in [6.45, 7) is 0. The van der Waals surface area contributed by atoms with E-state index >= 15 is 0 Å². The summed E-state index contributed by atoms with van der Waals surface area (Å²) in [7, 11) is 0. The predicted molar refractivity (Wildman–Crippen MR) is 167 cm³/mol. The molecule has 0 fully saturated rings. The molecule has 0 amide bonds. The second-order valence-electron chi connectivity index (χ2n) is 10.3. The number of nitriles is 2. The third kappa shape index (κ3) is 3.53. The summed E-state index contributed by atoms with van der Waals surface area (Å²) in [5, 5.41) is 24.9. The summed E-state index contributed by atoms with van der Waals surface area (Å²) >= 11 is 0. The first-order valence-electron chi connectivity index (χ1n) is 13.6. The number of rotatable bonds is 3. The SMILES string of the molecule is N#Cc1ccccc1-c1c(-c2ccc3c(c2)oc2ccccc23)ccc(-c2ccc3c(c2)oc2ccccc23)c1C#N. The monoisotopic (exact) mass is 536 g/mol. The lowest BCUT2D eigenvalue weighted by molar-refractivity contribution is 0.668. The van der Waals surface area contributed by atoms with Gasteiger partial charge in [0.05, 0.1) is 17.2 Å². The molecule has 0 aliphatic carbocycles. The summed E-state index contributed by atoms with van der Waals surface area (Å²) in [5.41, 5.74) is 9.01. The van der Waals surface area contributed by atoms with E-state index in [9.17, 15) is 10.5 Å². The first-order valence-corrected chi connectivity index (χ1v) is 13.6. The molecule has 0 spiro atoms. The number of benzene rings is 6. The van der Waals surface area contributed by atoms with Crippen LogP contribution < -0.4 is 0 Å². The van der Waals surface area contributed by atoms with Gasteiger partial charge in [-0.05, 0) is 59.2 Å². The number of para-hydroxylation sites is 2. The van der Waals surface area contributed by atoms with Gasteiger partial charge in [0.25, 0.3) is 0 Å². The second kappa shape index (κ2) is 9.24. The van der Waals surface area contributed by atoms with Crippen LogP contribution in [0.4, 0.5) is 0 Å². The van der Waals surface area contributed by atoms with Gasteiger partial charge in [-0.2, -0.15) is 10.5 Å². The van der Waals surface area contributed by atoms with Gasteiger partial charge < -0.3 is 8.83 Å². The molecule has 0 bridgehead atoms. The van der Waals surface area contributed by atoms with Crippen molar-refractivity contribution in [3.05, 3.63) is 132 Å². The molecule has 42 heavy (non-hydrogen) atoms. The van der Waals surface area contributed by atoms with Crippen molar-refractivity contribution in [2.45, 2.75) is 0 Å². The van der Waals surface area contributed by atoms with Crippen molar-refractivity contribution in [1.82, 2.24) is 0 Å². The summed E-state index contributed by atoms with van der Waals surface area (Å²) in [6, 6.07) is 44.4. The van der Waals surface area contributed by atoms with Crippen LogP contribution in [0.1, 0.15) is 11.1 Å². The highest BCUT2D eigenvalue weighted by molar-refractivity contribution is 6.08. The maximum absolute atomic E-state index is 10.7. The van der Waals surface area contributed by atoms with Gasteiger partial charge in [-0.3, -0.25) is 0 Å². The molecule has 0 saturated heterocycles. The Hall–Kier alpha value is -6.10. The molecule has 0 unspecified atom stereocenters. The third-order valence-corrected chi connectivity index (χ3v) is 8.01. The molecule has 8 aromatic rings. The van der Waals surface area contributed by atoms with E-state index in [0.717, 1.165) is 66.1 Å². The van der Waals surface area contributed by atoms with Gasteiger partial charge in [0.2, 0.25) is 0 Å². The van der Waals surface area contributed by atoms with Gasteiger partial charge in [-0.25, -0.2) is 0 Å². The zero-order valence-corrected chi connectivity index (χ0v) is 22.3. The average Bonchev–Trinajstić information content (AvgIpc) is 3.61. The smallest absolute Gasteiger partial charge is 0.136 e. The fraction of sp³-hybridized carbons (Fsp3) is 0. The van der Waals surface area contributed by atoms with E-state index in [1.165, 1.54) is 0 Å². The van der Waals surface area contributed by atoms with E-state index in [-0.39, 0.29) is 0 Å². The van der Waals surface area contributed by atoms with E-state index in [1.807, 2.05) is 97.1 Å². The van der Waals surface area contributed by atoms with Gasteiger partial charge >= 0.3 is 0 Å². The molecule has 6 aromatic carbocycles. The Kier molecular flexibility index (Phi) is 5.22. The minimum atomic E-state index is 0.496. The quantitative estimate of drug-likeness (QED) is 0.225. The van der Waals surface area contributed by atoms with Crippen molar-refractivity contribution in [3.8, 4) is 45.5 Å². The summed E-state index contributed by atoms with van der Waals surface area (Å²) in [4.78, 5) is 0. The zero-order chi connectivity index (χ0) is 28.2. The molecule has 2 aromatic heterocycles. The number of hydrogen-bond donors (Lipinski definition) is 0. The highest BCUT2D eigenvalue weighted by atomic mass is 16.3. The van der Waals surface area contributed by atoms with Crippen molar-refractivity contribution >= 4 is 43.9 Å². The van der Waals surface area contributed by atoms with Gasteiger partial charge in [-0.15, -0.1) is 0 Å². The van der Waals surface area contributed by atoms with Crippen LogP contribution in [-0.4, -0.2) is 0 Å². The number of fused-ring (bicyclic) bond motifs is 6. The van der Waals surface area contributed by atoms with Crippen molar-refractivity contribution in [2.75, 3.05) is 0 Å². The fourth-order valence-corrected chi connectivity index (χ4v) is 6.07. The Morgan fingerprint density at radius 2 is 0.952 bits per heavy atom. The molecule has 0 N–H and O–H groups in total. The molecule has 0 saturated carbocycles. The Bertz CT molecular complexity index is 2450. The van der Waals surface area contributed by atoms with Crippen molar-refractivity contribution in [1.29, 1.82) is 10.5 Å². The van der Waals surface area contributed by atoms with Crippen LogP contribution in [0, 0.1) is 22.7 Å². The number of furan rings is 2. The van der Waals surface area contributed by atoms with Crippen LogP contribution in [0.25, 0.3) is 77.3 Å². The van der Waals surface area contributed by atoms with Crippen LogP contribution in [0.5, 0.6) is 0 Å². The summed E-state index contributed by atoms with van der Waals surface area (Å²) in [5.74, 6) is 0. The van der Waals surface area contributed by atoms with Crippen LogP contribution >= 0.6 is 0 Å². The highest BCUT2D eigenvalue weighted by Crippen LogP contribution is 2.43. The Morgan fingerprint density at radius 1 is 0.429 bits per heavy atom. The molecule has 8 rings (SSSR count). The maximum Gasteiger partial charge on any atom is 0.136 e. The molecule has 0 aliphatic rings. The van der Waals surface area contributed by atoms with Crippen molar-refractivity contribution in [3.63, 3.8) is 0 Å². The lowest BCUT2D eigenvalue weighted by Gasteiger charge is -2.17. The number of nitrogens with zero attached hydrogens (tertiary/aromatic N) is 2. The van der Waals surface area contributed by atoms with E-state index in [1.54, 1.807) is 6.07 Å². The van der Waals surface area contributed by atoms with Crippen LogP contribution in [0.2, 0.25) is 0 Å². The molecule has 0 aliphatic heterocycles. The van der Waals surface area contributed by atoms with E-state index in [4.69, 9.17) is 8.83 Å². The number of hydrogen-bond acceptors (Lipinski definition) is 4. The zero-order valence-electron chi connectivity index (χ0n) is 22.3. The topological polar surface area (TPSA) is 73.9 Å². The molecule has 0 radical (unpaired) electrons. The third-order valence-electron chi connectivity index (χ3n) is 8.01. The Labute approximate surface area is 240 Å². The normalized spacial score (nSPS) is 11.3.